The molecular weight excluding hydrogens is 290 g/mol. The number of nitro groups is 1. The molecule has 0 aliphatic heterocycles. The minimum atomic E-state index is -0.733. The van der Waals surface area contributed by atoms with Crippen LogP contribution in [0.3, 0.4) is 0 Å². The maximum atomic E-state index is 11.2. The fourth-order valence-electron chi connectivity index (χ4n) is 1.79. The van der Waals surface area contributed by atoms with E-state index in [-0.39, 0.29) is 5.69 Å². The van der Waals surface area contributed by atoms with Gasteiger partial charge in [0.25, 0.3) is 5.69 Å². The number of methoxy groups -OCH3 is 1. The molecule has 0 radical (unpaired) electrons. The highest BCUT2D eigenvalue weighted by molar-refractivity contribution is 7.99. The van der Waals surface area contributed by atoms with Gasteiger partial charge in [-0.05, 0) is 42.8 Å². The highest BCUT2D eigenvalue weighted by Crippen LogP contribution is 2.36. The van der Waals surface area contributed by atoms with Crippen molar-refractivity contribution in [3.05, 3.63) is 58.1 Å². The number of nitro benzene ring substituents is 1. The Kier molecular flexibility index (Phi) is 4.82. The Labute approximate surface area is 126 Å². The molecule has 21 heavy (non-hydrogen) atoms. The molecule has 0 amide bonds. The molecule has 6 heteroatoms. The zero-order chi connectivity index (χ0) is 15.4. The van der Waals surface area contributed by atoms with Crippen LogP contribution in [0, 0.1) is 10.1 Å². The summed E-state index contributed by atoms with van der Waals surface area (Å²) in [7, 11) is 1.59. The first kappa shape index (κ1) is 15.3. The number of aliphatic hydroxyl groups excluding tert-OH is 1. The zero-order valence-corrected chi connectivity index (χ0v) is 12.5. The van der Waals surface area contributed by atoms with Gasteiger partial charge in [0.15, 0.2) is 0 Å². The Morgan fingerprint density at radius 2 is 1.90 bits per heavy atom. The number of benzene rings is 2. The minimum absolute atomic E-state index is 0.00535. The van der Waals surface area contributed by atoms with Crippen LogP contribution in [0.2, 0.25) is 0 Å². The summed E-state index contributed by atoms with van der Waals surface area (Å²) in [5.41, 5.74) is 0.523. The molecule has 1 atom stereocenters. The summed E-state index contributed by atoms with van der Waals surface area (Å²) >= 11 is 1.30. The molecule has 1 N–H and O–H groups in total. The van der Waals surface area contributed by atoms with Gasteiger partial charge in [-0.3, -0.25) is 10.1 Å². The summed E-state index contributed by atoms with van der Waals surface area (Å²) in [6.07, 6.45) is -0.733. The highest BCUT2D eigenvalue weighted by Gasteiger charge is 2.17. The molecule has 0 aromatic heterocycles. The van der Waals surface area contributed by atoms with Crippen molar-refractivity contribution in [2.75, 3.05) is 7.11 Å². The fraction of sp³-hybridized carbons (Fsp3) is 0.200. The molecule has 0 bridgehead atoms. The van der Waals surface area contributed by atoms with Crippen molar-refractivity contribution in [1.29, 1.82) is 0 Å². The number of hydrogen-bond donors (Lipinski definition) is 1. The van der Waals surface area contributed by atoms with Gasteiger partial charge >= 0.3 is 0 Å². The molecule has 0 saturated carbocycles. The van der Waals surface area contributed by atoms with Crippen molar-refractivity contribution >= 4 is 17.4 Å². The number of nitrogens with zero attached hydrogens (tertiary/aromatic N) is 1. The van der Waals surface area contributed by atoms with Crippen molar-refractivity contribution in [1.82, 2.24) is 0 Å². The van der Waals surface area contributed by atoms with Crippen molar-refractivity contribution in [3.63, 3.8) is 0 Å². The van der Waals surface area contributed by atoms with E-state index in [4.69, 9.17) is 4.74 Å². The monoisotopic (exact) mass is 305 g/mol. The summed E-state index contributed by atoms with van der Waals surface area (Å²) < 4.78 is 5.08. The lowest BCUT2D eigenvalue weighted by Crippen LogP contribution is -1.96. The summed E-state index contributed by atoms with van der Waals surface area (Å²) in [5.74, 6) is 0.735. The van der Waals surface area contributed by atoms with Gasteiger partial charge in [0.2, 0.25) is 0 Å². The molecular formula is C15H15NO4S. The largest absolute Gasteiger partial charge is 0.497 e. The van der Waals surface area contributed by atoms with Crippen molar-refractivity contribution in [3.8, 4) is 5.75 Å². The van der Waals surface area contributed by atoms with E-state index in [1.54, 1.807) is 38.3 Å². The summed E-state index contributed by atoms with van der Waals surface area (Å²) in [6.45, 7) is 1.58. The maximum Gasteiger partial charge on any atom is 0.283 e. The van der Waals surface area contributed by atoms with E-state index in [1.165, 1.54) is 17.8 Å². The molecule has 0 spiro atoms. The number of aliphatic hydroxyl groups is 1. The normalized spacial score (nSPS) is 12.0. The molecule has 0 aliphatic carbocycles. The van der Waals surface area contributed by atoms with Gasteiger partial charge in [-0.25, -0.2) is 0 Å². The third-order valence-corrected chi connectivity index (χ3v) is 4.02. The smallest absolute Gasteiger partial charge is 0.283 e. The first-order valence-corrected chi connectivity index (χ1v) is 7.11. The summed E-state index contributed by atoms with van der Waals surface area (Å²) in [5, 5.41) is 20.7. The third kappa shape index (κ3) is 3.74. The van der Waals surface area contributed by atoms with E-state index in [0.717, 1.165) is 10.6 Å². The molecule has 2 rings (SSSR count). The molecule has 5 nitrogen and oxygen atoms in total. The lowest BCUT2D eigenvalue weighted by Gasteiger charge is -2.08. The van der Waals surface area contributed by atoms with Crippen LogP contribution >= 0.6 is 11.8 Å². The predicted molar refractivity (Wildman–Crippen MR) is 80.8 cm³/mol. The van der Waals surface area contributed by atoms with E-state index >= 15 is 0 Å². The maximum absolute atomic E-state index is 11.2. The topological polar surface area (TPSA) is 72.6 Å². The molecule has 2 aromatic carbocycles. The second kappa shape index (κ2) is 6.60. The van der Waals surface area contributed by atoms with Crippen molar-refractivity contribution in [2.24, 2.45) is 0 Å². The number of hydrogen-bond acceptors (Lipinski definition) is 5. The van der Waals surface area contributed by atoms with Gasteiger partial charge in [-0.2, -0.15) is 0 Å². The Bertz CT molecular complexity index is 641. The summed E-state index contributed by atoms with van der Waals surface area (Å²) in [4.78, 5) is 12.2. The lowest BCUT2D eigenvalue weighted by atomic mass is 10.1. The third-order valence-electron chi connectivity index (χ3n) is 2.95. The lowest BCUT2D eigenvalue weighted by molar-refractivity contribution is -0.387. The molecule has 2 aromatic rings. The molecule has 110 valence electrons. The van der Waals surface area contributed by atoms with Crippen molar-refractivity contribution < 1.29 is 14.8 Å². The second-order valence-corrected chi connectivity index (χ2v) is 5.55. The Balaban J connectivity index is 2.31. The summed E-state index contributed by atoms with van der Waals surface area (Å²) in [6, 6.07) is 12.1. The SMILES string of the molecule is COc1ccc(Sc2ccc([C@@H](C)O)cc2[N+](=O)[O-])cc1. The standard InChI is InChI=1S/C15H15NO4S/c1-10(17)11-3-8-15(14(9-11)16(18)19)21-13-6-4-12(20-2)5-7-13/h3-10,17H,1-2H3/t10-/m1/s1. The van der Waals surface area contributed by atoms with Crippen LogP contribution in [0.5, 0.6) is 5.75 Å². The molecule has 0 heterocycles. The number of rotatable bonds is 5. The van der Waals surface area contributed by atoms with Crippen LogP contribution < -0.4 is 4.74 Å². The van der Waals surface area contributed by atoms with Crippen LogP contribution in [0.4, 0.5) is 5.69 Å². The van der Waals surface area contributed by atoms with E-state index in [0.29, 0.717) is 10.5 Å². The van der Waals surface area contributed by atoms with Gasteiger partial charge in [0.05, 0.1) is 23.0 Å². The first-order chi connectivity index (χ1) is 10.0. The predicted octanol–water partition coefficient (Wildman–Crippen LogP) is 3.81. The number of ether oxygens (including phenoxy) is 1. The first-order valence-electron chi connectivity index (χ1n) is 6.29. The van der Waals surface area contributed by atoms with Gasteiger partial charge in [0.1, 0.15) is 5.75 Å². The van der Waals surface area contributed by atoms with E-state index in [1.807, 2.05) is 12.1 Å². The Hall–Kier alpha value is -2.05. The molecule has 0 saturated heterocycles. The van der Waals surface area contributed by atoms with Gasteiger partial charge in [-0.15, -0.1) is 0 Å². The second-order valence-electron chi connectivity index (χ2n) is 4.44. The average Bonchev–Trinajstić information content (AvgIpc) is 2.48. The van der Waals surface area contributed by atoms with Crippen LogP contribution in [-0.4, -0.2) is 17.1 Å². The van der Waals surface area contributed by atoms with Crippen LogP contribution in [-0.2, 0) is 0 Å². The quantitative estimate of drug-likeness (QED) is 0.671. The van der Waals surface area contributed by atoms with Gasteiger partial charge in [-0.1, -0.05) is 17.8 Å². The minimum Gasteiger partial charge on any atom is -0.497 e. The molecule has 0 unspecified atom stereocenters. The van der Waals surface area contributed by atoms with E-state index in [9.17, 15) is 15.2 Å². The molecule has 0 fully saturated rings. The van der Waals surface area contributed by atoms with Crippen LogP contribution in [0.1, 0.15) is 18.6 Å². The highest BCUT2D eigenvalue weighted by atomic mass is 32.2. The van der Waals surface area contributed by atoms with E-state index in [2.05, 4.69) is 0 Å². The average molecular weight is 305 g/mol. The van der Waals surface area contributed by atoms with Crippen LogP contribution in [0.25, 0.3) is 0 Å². The van der Waals surface area contributed by atoms with Crippen molar-refractivity contribution in [2.45, 2.75) is 22.8 Å². The Morgan fingerprint density at radius 3 is 2.43 bits per heavy atom. The van der Waals surface area contributed by atoms with Crippen LogP contribution in [0.15, 0.2) is 52.3 Å². The Morgan fingerprint density at radius 1 is 1.24 bits per heavy atom. The van der Waals surface area contributed by atoms with Gasteiger partial charge < -0.3 is 9.84 Å². The fourth-order valence-corrected chi connectivity index (χ4v) is 2.69. The zero-order valence-electron chi connectivity index (χ0n) is 11.6. The van der Waals surface area contributed by atoms with E-state index < -0.39 is 11.0 Å². The van der Waals surface area contributed by atoms with Gasteiger partial charge in [0, 0.05) is 11.0 Å². The molecule has 0 aliphatic rings.